The molecule has 0 amide bonds. The second-order valence-corrected chi connectivity index (χ2v) is 7.21. The Bertz CT molecular complexity index is 1240. The molecule has 2 heterocycles. The van der Waals surface area contributed by atoms with Gasteiger partial charge in [-0.3, -0.25) is 0 Å². The molecule has 5 rings (SSSR count). The number of fused-ring (bicyclic) bond motifs is 1. The maximum atomic E-state index is 5.98. The van der Waals surface area contributed by atoms with E-state index >= 15 is 0 Å². The largest absolute Gasteiger partial charge is 0.318 e. The van der Waals surface area contributed by atoms with Crippen molar-refractivity contribution in [1.82, 2.24) is 24.5 Å². The molecule has 0 aliphatic heterocycles. The van der Waals surface area contributed by atoms with Crippen molar-refractivity contribution >= 4 is 23.8 Å². The van der Waals surface area contributed by atoms with E-state index in [-0.39, 0.29) is 0 Å². The highest BCUT2D eigenvalue weighted by molar-refractivity contribution is 6.30. The van der Waals surface area contributed by atoms with Crippen LogP contribution in [0.2, 0.25) is 5.02 Å². The number of benzene rings is 2. The van der Waals surface area contributed by atoms with Crippen LogP contribution in [-0.2, 0) is 6.54 Å². The smallest absolute Gasteiger partial charge is 0.141 e. The van der Waals surface area contributed by atoms with Crippen LogP contribution in [0.5, 0.6) is 0 Å². The summed E-state index contributed by atoms with van der Waals surface area (Å²) in [6.45, 7) is 0.616. The zero-order valence-corrected chi connectivity index (χ0v) is 15.9. The van der Waals surface area contributed by atoms with Gasteiger partial charge in [0.25, 0.3) is 0 Å². The highest BCUT2D eigenvalue weighted by atomic mass is 35.5. The van der Waals surface area contributed by atoms with E-state index in [1.807, 2.05) is 48.7 Å². The molecule has 6 heteroatoms. The molecule has 138 valence electrons. The molecule has 4 aromatic rings. The average Bonchev–Trinajstić information content (AvgIpc) is 3.35. The third-order valence-corrected chi connectivity index (χ3v) is 5.11. The van der Waals surface area contributed by atoms with E-state index in [0.29, 0.717) is 11.6 Å². The van der Waals surface area contributed by atoms with Crippen molar-refractivity contribution in [3.63, 3.8) is 0 Å². The van der Waals surface area contributed by atoms with Crippen LogP contribution >= 0.6 is 11.6 Å². The summed E-state index contributed by atoms with van der Waals surface area (Å²) in [4.78, 5) is 4.90. The molecule has 28 heavy (non-hydrogen) atoms. The summed E-state index contributed by atoms with van der Waals surface area (Å²) in [6.07, 6.45) is 8.49. The summed E-state index contributed by atoms with van der Waals surface area (Å²) in [5, 5.41) is 11.6. The van der Waals surface area contributed by atoms with Crippen molar-refractivity contribution < 1.29 is 0 Å². The predicted molar refractivity (Wildman–Crippen MR) is 111 cm³/mol. The Labute approximate surface area is 167 Å². The normalized spacial score (nSPS) is 12.9. The molecule has 0 N–H and O–H groups in total. The van der Waals surface area contributed by atoms with E-state index in [1.165, 1.54) is 0 Å². The molecule has 0 saturated carbocycles. The SMILES string of the molecule is Clc1ccc(-n2cc(Cn3c(-c4ccccc4)nc4c3=CCCC=4)nn2)cc1. The molecule has 0 atom stereocenters. The molecule has 0 saturated heterocycles. The number of hydrogen-bond acceptors (Lipinski definition) is 3. The first-order valence-corrected chi connectivity index (χ1v) is 9.65. The van der Waals surface area contributed by atoms with Crippen LogP contribution in [0, 0.1) is 0 Å². The van der Waals surface area contributed by atoms with Gasteiger partial charge in [-0.1, -0.05) is 59.3 Å². The zero-order valence-electron chi connectivity index (χ0n) is 15.2. The Morgan fingerprint density at radius 1 is 0.929 bits per heavy atom. The van der Waals surface area contributed by atoms with Crippen LogP contribution in [0.4, 0.5) is 0 Å². The minimum atomic E-state index is 0.616. The molecule has 0 bridgehead atoms. The maximum Gasteiger partial charge on any atom is 0.141 e. The fourth-order valence-corrected chi connectivity index (χ4v) is 3.64. The van der Waals surface area contributed by atoms with E-state index in [9.17, 15) is 0 Å². The fourth-order valence-electron chi connectivity index (χ4n) is 3.51. The quantitative estimate of drug-likeness (QED) is 0.540. The lowest BCUT2D eigenvalue weighted by atomic mass is 10.2. The standard InChI is InChI=1S/C22H18ClN5/c23-17-10-12-19(13-11-17)28-15-18(25-26-28)14-27-21-9-5-4-8-20(21)24-22(27)16-6-2-1-3-7-16/h1-3,6-13,15H,4-5,14H2. The molecule has 2 aromatic carbocycles. The zero-order chi connectivity index (χ0) is 18.9. The molecule has 0 radical (unpaired) electrons. The third-order valence-electron chi connectivity index (χ3n) is 4.86. The minimum Gasteiger partial charge on any atom is -0.318 e. The Balaban J connectivity index is 1.56. The number of hydrogen-bond donors (Lipinski definition) is 0. The van der Waals surface area contributed by atoms with Gasteiger partial charge >= 0.3 is 0 Å². The van der Waals surface area contributed by atoms with Crippen LogP contribution in [0.3, 0.4) is 0 Å². The number of nitrogens with zero attached hydrogens (tertiary/aromatic N) is 5. The monoisotopic (exact) mass is 387 g/mol. The average molecular weight is 388 g/mol. The van der Waals surface area contributed by atoms with Gasteiger partial charge in [0.05, 0.1) is 29.1 Å². The molecule has 0 unspecified atom stereocenters. The van der Waals surface area contributed by atoms with Gasteiger partial charge in [-0.25, -0.2) is 9.67 Å². The topological polar surface area (TPSA) is 48.5 Å². The molecule has 2 aromatic heterocycles. The van der Waals surface area contributed by atoms with Crippen molar-refractivity contribution in [1.29, 1.82) is 0 Å². The van der Waals surface area contributed by atoms with Crippen molar-refractivity contribution in [2.75, 3.05) is 0 Å². The Morgan fingerprint density at radius 3 is 2.54 bits per heavy atom. The van der Waals surface area contributed by atoms with Gasteiger partial charge in [-0.15, -0.1) is 5.10 Å². The first kappa shape index (κ1) is 17.0. The lowest BCUT2D eigenvalue weighted by Crippen LogP contribution is -2.32. The fraction of sp³-hybridized carbons (Fsp3) is 0.136. The summed E-state index contributed by atoms with van der Waals surface area (Å²) < 4.78 is 4.00. The van der Waals surface area contributed by atoms with E-state index in [1.54, 1.807) is 4.68 Å². The Hall–Kier alpha value is -3.18. The summed E-state index contributed by atoms with van der Waals surface area (Å²) >= 11 is 5.98. The van der Waals surface area contributed by atoms with E-state index in [4.69, 9.17) is 16.6 Å². The third kappa shape index (κ3) is 3.14. The van der Waals surface area contributed by atoms with Crippen LogP contribution in [-0.4, -0.2) is 24.5 Å². The number of aromatic nitrogens is 5. The highest BCUT2D eigenvalue weighted by Crippen LogP contribution is 2.17. The summed E-state index contributed by atoms with van der Waals surface area (Å²) in [6, 6.07) is 17.8. The Morgan fingerprint density at radius 2 is 1.71 bits per heavy atom. The highest BCUT2D eigenvalue weighted by Gasteiger charge is 2.14. The van der Waals surface area contributed by atoms with Crippen LogP contribution in [0.25, 0.3) is 29.2 Å². The molecule has 5 nitrogen and oxygen atoms in total. The summed E-state index contributed by atoms with van der Waals surface area (Å²) in [7, 11) is 0. The molecule has 1 aliphatic carbocycles. The van der Waals surface area contributed by atoms with Crippen LogP contribution in [0.15, 0.2) is 60.8 Å². The molecule has 1 aliphatic rings. The van der Waals surface area contributed by atoms with Crippen LogP contribution < -0.4 is 10.7 Å². The second-order valence-electron chi connectivity index (χ2n) is 6.77. The van der Waals surface area contributed by atoms with Gasteiger partial charge < -0.3 is 4.57 Å². The van der Waals surface area contributed by atoms with Crippen molar-refractivity contribution in [3.8, 4) is 17.1 Å². The van der Waals surface area contributed by atoms with E-state index in [0.717, 1.165) is 46.3 Å². The maximum absolute atomic E-state index is 5.98. The number of imidazole rings is 1. The van der Waals surface area contributed by atoms with Crippen molar-refractivity contribution in [3.05, 3.63) is 82.2 Å². The molecular weight excluding hydrogens is 370 g/mol. The van der Waals surface area contributed by atoms with E-state index in [2.05, 4.69) is 39.2 Å². The van der Waals surface area contributed by atoms with Gasteiger partial charge in [0.2, 0.25) is 0 Å². The minimum absolute atomic E-state index is 0.616. The van der Waals surface area contributed by atoms with Crippen molar-refractivity contribution in [2.45, 2.75) is 19.4 Å². The van der Waals surface area contributed by atoms with Gasteiger partial charge in [0.15, 0.2) is 0 Å². The van der Waals surface area contributed by atoms with Gasteiger partial charge in [-0.2, -0.15) is 0 Å². The summed E-state index contributed by atoms with van der Waals surface area (Å²) in [5.74, 6) is 0.959. The molecular formula is C22H18ClN5. The Kier molecular flexibility index (Phi) is 4.29. The van der Waals surface area contributed by atoms with E-state index < -0.39 is 0 Å². The van der Waals surface area contributed by atoms with Crippen LogP contribution in [0.1, 0.15) is 18.5 Å². The molecule has 0 fully saturated rings. The molecule has 0 spiro atoms. The van der Waals surface area contributed by atoms with Gasteiger partial charge in [0, 0.05) is 10.6 Å². The number of halogens is 1. The lowest BCUT2D eigenvalue weighted by Gasteiger charge is -2.07. The second kappa shape index (κ2) is 7.09. The van der Waals surface area contributed by atoms with Crippen molar-refractivity contribution in [2.24, 2.45) is 0 Å². The predicted octanol–water partition coefficient (Wildman–Crippen LogP) is 3.19. The number of rotatable bonds is 4. The first-order valence-electron chi connectivity index (χ1n) is 9.27. The van der Waals surface area contributed by atoms with Gasteiger partial charge in [-0.05, 0) is 37.1 Å². The lowest BCUT2D eigenvalue weighted by molar-refractivity contribution is 0.744. The first-order chi connectivity index (χ1) is 13.8. The van der Waals surface area contributed by atoms with Gasteiger partial charge in [0.1, 0.15) is 11.5 Å². The summed E-state index contributed by atoms with van der Waals surface area (Å²) in [5.41, 5.74) is 2.91.